The Bertz CT molecular complexity index is 610. The van der Waals surface area contributed by atoms with Gasteiger partial charge in [-0.1, -0.05) is 6.42 Å². The maximum absolute atomic E-state index is 5.74. The van der Waals surface area contributed by atoms with E-state index in [9.17, 15) is 0 Å². The lowest BCUT2D eigenvalue weighted by Crippen LogP contribution is -2.43. The quantitative estimate of drug-likeness (QED) is 0.513. The van der Waals surface area contributed by atoms with Gasteiger partial charge in [-0.15, -0.1) is 0 Å². The Hall–Kier alpha value is -1.60. The standard InChI is InChI=1S/C22H40N6O/c1-4-23-22(24-10-15-27-11-6-5-7-12-27)25-16-20-8-13-28(14-9-20)17-21-26-18(2)19(3)29-21/h20H,4-17H2,1-3H3,(H2,23,24,25). The molecule has 0 aromatic carbocycles. The van der Waals surface area contributed by atoms with E-state index in [1.54, 1.807) is 0 Å². The van der Waals surface area contributed by atoms with Gasteiger partial charge in [-0.25, -0.2) is 4.98 Å². The first-order chi connectivity index (χ1) is 14.1. The van der Waals surface area contributed by atoms with E-state index in [2.05, 4.69) is 32.3 Å². The smallest absolute Gasteiger partial charge is 0.208 e. The Kier molecular flexibility index (Phi) is 8.80. The molecule has 0 saturated carbocycles. The van der Waals surface area contributed by atoms with Gasteiger partial charge in [0.1, 0.15) is 5.76 Å². The Morgan fingerprint density at radius 3 is 2.48 bits per heavy atom. The number of likely N-dealkylation sites (tertiary alicyclic amines) is 2. The highest BCUT2D eigenvalue weighted by molar-refractivity contribution is 5.79. The molecule has 0 unspecified atom stereocenters. The first-order valence-electron chi connectivity index (χ1n) is 11.5. The molecule has 0 radical (unpaired) electrons. The van der Waals surface area contributed by atoms with Crippen LogP contribution in [0.4, 0.5) is 0 Å². The number of piperidine rings is 2. The number of hydrogen-bond acceptors (Lipinski definition) is 5. The van der Waals surface area contributed by atoms with Crippen molar-refractivity contribution in [1.82, 2.24) is 25.4 Å². The number of nitrogens with zero attached hydrogens (tertiary/aromatic N) is 4. The Balaban J connectivity index is 1.37. The summed E-state index contributed by atoms with van der Waals surface area (Å²) in [5.74, 6) is 3.42. The van der Waals surface area contributed by atoms with Gasteiger partial charge >= 0.3 is 0 Å². The summed E-state index contributed by atoms with van der Waals surface area (Å²) in [6.45, 7) is 15.5. The number of aliphatic imine (C=N–C) groups is 1. The van der Waals surface area contributed by atoms with Crippen molar-refractivity contribution in [2.75, 3.05) is 52.4 Å². The van der Waals surface area contributed by atoms with Gasteiger partial charge in [-0.3, -0.25) is 9.89 Å². The Labute approximate surface area is 176 Å². The lowest BCUT2D eigenvalue weighted by Gasteiger charge is -2.30. The maximum Gasteiger partial charge on any atom is 0.208 e. The van der Waals surface area contributed by atoms with Crippen LogP contribution in [0, 0.1) is 19.8 Å². The first kappa shape index (κ1) is 22.1. The molecule has 1 aromatic rings. The van der Waals surface area contributed by atoms with Gasteiger partial charge in [-0.05, 0) is 78.6 Å². The number of rotatable bonds is 8. The zero-order valence-electron chi connectivity index (χ0n) is 18.7. The average molecular weight is 405 g/mol. The molecular weight excluding hydrogens is 364 g/mol. The van der Waals surface area contributed by atoms with E-state index in [1.807, 2.05) is 13.8 Å². The highest BCUT2D eigenvalue weighted by Gasteiger charge is 2.21. The summed E-state index contributed by atoms with van der Waals surface area (Å²) < 4.78 is 5.74. The van der Waals surface area contributed by atoms with Crippen molar-refractivity contribution in [2.24, 2.45) is 10.9 Å². The topological polar surface area (TPSA) is 68.9 Å². The third kappa shape index (κ3) is 7.30. The lowest BCUT2D eigenvalue weighted by atomic mass is 9.97. The zero-order chi connectivity index (χ0) is 20.5. The van der Waals surface area contributed by atoms with Crippen molar-refractivity contribution >= 4 is 5.96 Å². The lowest BCUT2D eigenvalue weighted by molar-refractivity contribution is 0.166. The molecule has 164 valence electrons. The molecule has 2 fully saturated rings. The summed E-state index contributed by atoms with van der Waals surface area (Å²) in [5.41, 5.74) is 1.01. The SMILES string of the molecule is CCNC(=NCC1CCN(Cc2nc(C)c(C)o2)CC1)NCCN1CCCCC1. The first-order valence-corrected chi connectivity index (χ1v) is 11.5. The molecule has 3 rings (SSSR count). The van der Waals surface area contributed by atoms with Gasteiger partial charge in [0.2, 0.25) is 5.89 Å². The van der Waals surface area contributed by atoms with Crippen LogP contribution in [-0.2, 0) is 6.54 Å². The molecule has 0 aliphatic carbocycles. The summed E-state index contributed by atoms with van der Waals surface area (Å²) in [7, 11) is 0. The molecule has 3 heterocycles. The van der Waals surface area contributed by atoms with Crippen LogP contribution >= 0.6 is 0 Å². The molecule has 0 amide bonds. The van der Waals surface area contributed by atoms with Crippen molar-refractivity contribution in [3.8, 4) is 0 Å². The van der Waals surface area contributed by atoms with E-state index in [-0.39, 0.29) is 0 Å². The highest BCUT2D eigenvalue weighted by Crippen LogP contribution is 2.20. The molecule has 2 aliphatic rings. The Morgan fingerprint density at radius 2 is 1.83 bits per heavy atom. The predicted octanol–water partition coefficient (Wildman–Crippen LogP) is 2.54. The molecule has 0 atom stereocenters. The minimum absolute atomic E-state index is 0.664. The van der Waals surface area contributed by atoms with Gasteiger partial charge in [0.25, 0.3) is 0 Å². The monoisotopic (exact) mass is 404 g/mol. The minimum Gasteiger partial charge on any atom is -0.444 e. The number of aryl methyl sites for hydroxylation is 2. The van der Waals surface area contributed by atoms with E-state index in [4.69, 9.17) is 9.41 Å². The molecule has 2 saturated heterocycles. The number of hydrogen-bond donors (Lipinski definition) is 2. The van der Waals surface area contributed by atoms with Crippen LogP contribution in [0.1, 0.15) is 56.4 Å². The number of nitrogens with one attached hydrogen (secondary N) is 2. The van der Waals surface area contributed by atoms with Gasteiger partial charge < -0.3 is 20.0 Å². The van der Waals surface area contributed by atoms with E-state index in [1.165, 1.54) is 45.2 Å². The fourth-order valence-electron chi connectivity index (χ4n) is 4.20. The van der Waals surface area contributed by atoms with Crippen molar-refractivity contribution in [3.63, 3.8) is 0 Å². The largest absolute Gasteiger partial charge is 0.444 e. The number of guanidine groups is 1. The van der Waals surface area contributed by atoms with Crippen LogP contribution in [0.3, 0.4) is 0 Å². The second kappa shape index (κ2) is 11.6. The summed E-state index contributed by atoms with van der Waals surface area (Å²) in [6.07, 6.45) is 6.47. The number of aromatic nitrogens is 1. The fourth-order valence-corrected chi connectivity index (χ4v) is 4.20. The summed E-state index contributed by atoms with van der Waals surface area (Å²) >= 11 is 0. The van der Waals surface area contributed by atoms with Gasteiger partial charge in [0.15, 0.2) is 5.96 Å². The molecule has 2 N–H and O–H groups in total. The fraction of sp³-hybridized carbons (Fsp3) is 0.818. The second-order valence-corrected chi connectivity index (χ2v) is 8.52. The molecule has 2 aliphatic heterocycles. The molecule has 7 nitrogen and oxygen atoms in total. The molecular formula is C22H40N6O. The molecule has 0 bridgehead atoms. The number of oxazole rings is 1. The Morgan fingerprint density at radius 1 is 1.07 bits per heavy atom. The third-order valence-electron chi connectivity index (χ3n) is 6.16. The average Bonchev–Trinajstić information content (AvgIpc) is 3.05. The van der Waals surface area contributed by atoms with Gasteiger partial charge in [0.05, 0.1) is 12.2 Å². The minimum atomic E-state index is 0.664. The molecule has 0 spiro atoms. The summed E-state index contributed by atoms with van der Waals surface area (Å²) in [6, 6.07) is 0. The van der Waals surface area contributed by atoms with E-state index in [0.717, 1.165) is 69.1 Å². The van der Waals surface area contributed by atoms with Crippen molar-refractivity contribution in [2.45, 2.75) is 59.4 Å². The molecule has 7 heteroatoms. The van der Waals surface area contributed by atoms with Gasteiger partial charge in [0, 0.05) is 26.2 Å². The third-order valence-corrected chi connectivity index (χ3v) is 6.16. The normalized spacial score (nSPS) is 20.2. The highest BCUT2D eigenvalue weighted by atomic mass is 16.4. The van der Waals surface area contributed by atoms with E-state index < -0.39 is 0 Å². The van der Waals surface area contributed by atoms with Crippen molar-refractivity contribution < 1.29 is 4.42 Å². The van der Waals surface area contributed by atoms with Crippen LogP contribution in [0.25, 0.3) is 0 Å². The summed E-state index contributed by atoms with van der Waals surface area (Å²) in [4.78, 5) is 14.4. The van der Waals surface area contributed by atoms with Crippen LogP contribution in [0.15, 0.2) is 9.41 Å². The van der Waals surface area contributed by atoms with E-state index in [0.29, 0.717) is 5.92 Å². The van der Waals surface area contributed by atoms with Gasteiger partial charge in [-0.2, -0.15) is 0 Å². The summed E-state index contributed by atoms with van der Waals surface area (Å²) in [5, 5.41) is 6.92. The van der Waals surface area contributed by atoms with Crippen LogP contribution in [-0.4, -0.2) is 73.1 Å². The molecule has 29 heavy (non-hydrogen) atoms. The van der Waals surface area contributed by atoms with Crippen molar-refractivity contribution in [3.05, 3.63) is 17.3 Å². The van der Waals surface area contributed by atoms with E-state index >= 15 is 0 Å². The predicted molar refractivity (Wildman–Crippen MR) is 118 cm³/mol. The van der Waals surface area contributed by atoms with Crippen LogP contribution < -0.4 is 10.6 Å². The van der Waals surface area contributed by atoms with Crippen LogP contribution in [0.5, 0.6) is 0 Å². The maximum atomic E-state index is 5.74. The van der Waals surface area contributed by atoms with Crippen LogP contribution in [0.2, 0.25) is 0 Å². The second-order valence-electron chi connectivity index (χ2n) is 8.52. The zero-order valence-corrected chi connectivity index (χ0v) is 18.7. The molecule has 1 aromatic heterocycles. The van der Waals surface area contributed by atoms with Crippen molar-refractivity contribution in [1.29, 1.82) is 0 Å².